The molecule has 0 aliphatic rings. The van der Waals surface area contributed by atoms with Crippen LogP contribution in [-0.2, 0) is 0 Å². The highest BCUT2D eigenvalue weighted by Crippen LogP contribution is 2.18. The van der Waals surface area contributed by atoms with Gasteiger partial charge < -0.3 is 4.74 Å². The number of pyridine rings is 1. The van der Waals surface area contributed by atoms with Gasteiger partial charge in [-0.15, -0.1) is 0 Å². The lowest BCUT2D eigenvalue weighted by Crippen LogP contribution is -2.17. The van der Waals surface area contributed by atoms with E-state index in [0.29, 0.717) is 11.4 Å². The first-order valence-corrected chi connectivity index (χ1v) is 8.72. The quantitative estimate of drug-likeness (QED) is 0.458. The van der Waals surface area contributed by atoms with Gasteiger partial charge in [0.2, 0.25) is 0 Å². The molecule has 1 N–H and O–H groups in total. The number of carbonyl (C=O) groups excluding carboxylic acids is 1. The number of nitro groups is 2. The van der Waals surface area contributed by atoms with Crippen LogP contribution in [-0.4, -0.2) is 20.9 Å². The zero-order valence-corrected chi connectivity index (χ0v) is 16.4. The molecular weight excluding hydrogens is 411 g/mol. The maximum atomic E-state index is 12.6. The van der Waals surface area contributed by atoms with Gasteiger partial charge in [-0.05, 0) is 55.3 Å². The van der Waals surface area contributed by atoms with Crippen LogP contribution in [0.2, 0.25) is 0 Å². The fraction of sp³-hybridized carbons (Fsp3) is 0.100. The molecule has 31 heavy (non-hydrogen) atoms. The molecule has 0 bridgehead atoms. The summed E-state index contributed by atoms with van der Waals surface area (Å²) in [4.78, 5) is 35.0. The summed E-state index contributed by atoms with van der Waals surface area (Å²) >= 11 is 0. The molecule has 160 valence electrons. The number of carbonyl (C=O) groups is 1. The predicted molar refractivity (Wildman–Crippen MR) is 110 cm³/mol. The molecule has 0 saturated heterocycles. The highest BCUT2D eigenvalue weighted by molar-refractivity contribution is 5.85. The van der Waals surface area contributed by atoms with Gasteiger partial charge in [0.15, 0.2) is 0 Å². The van der Waals surface area contributed by atoms with E-state index in [0.717, 1.165) is 11.6 Å². The SMILES string of the molecule is Cc1ccc([N+](=O)[O-])cc1F.Cc1ccnc(NC(=O)Oc2ccc([N+](=O)[O-])cc2)c1. The van der Waals surface area contributed by atoms with E-state index in [-0.39, 0.29) is 17.1 Å². The molecule has 0 atom stereocenters. The molecule has 1 heterocycles. The van der Waals surface area contributed by atoms with Crippen molar-refractivity contribution >= 4 is 23.3 Å². The van der Waals surface area contributed by atoms with Gasteiger partial charge in [0.25, 0.3) is 11.4 Å². The number of nitrogens with one attached hydrogen (secondary N) is 1. The van der Waals surface area contributed by atoms with Crippen molar-refractivity contribution in [3.63, 3.8) is 0 Å². The average Bonchev–Trinajstić information content (AvgIpc) is 2.70. The number of aryl methyl sites for hydroxylation is 2. The lowest BCUT2D eigenvalue weighted by molar-refractivity contribution is -0.385. The van der Waals surface area contributed by atoms with Gasteiger partial charge in [0.05, 0.1) is 15.9 Å². The number of hydrogen-bond acceptors (Lipinski definition) is 7. The predicted octanol–water partition coefficient (Wildman–Crippen LogP) is 4.95. The number of ether oxygens (including phenoxy) is 1. The normalized spacial score (nSPS) is 9.77. The number of non-ortho nitro benzene ring substituents is 2. The summed E-state index contributed by atoms with van der Waals surface area (Å²) in [6.07, 6.45) is 0.855. The molecule has 3 aromatic rings. The molecule has 1 amide bonds. The van der Waals surface area contributed by atoms with Crippen molar-refractivity contribution in [2.75, 3.05) is 5.32 Å². The Morgan fingerprint density at radius 2 is 1.58 bits per heavy atom. The molecule has 0 radical (unpaired) electrons. The minimum atomic E-state index is -0.711. The third-order valence-corrected chi connectivity index (χ3v) is 3.77. The van der Waals surface area contributed by atoms with Crippen molar-refractivity contribution in [3.8, 4) is 5.75 Å². The number of amides is 1. The number of nitrogens with zero attached hydrogens (tertiary/aromatic N) is 3. The monoisotopic (exact) mass is 428 g/mol. The second kappa shape index (κ2) is 10.4. The van der Waals surface area contributed by atoms with E-state index in [1.54, 1.807) is 25.3 Å². The third kappa shape index (κ3) is 7.16. The molecule has 10 nitrogen and oxygen atoms in total. The first-order chi connectivity index (χ1) is 14.7. The second-order valence-electron chi connectivity index (χ2n) is 6.17. The second-order valence-corrected chi connectivity index (χ2v) is 6.17. The Morgan fingerprint density at radius 3 is 2.13 bits per heavy atom. The van der Waals surface area contributed by atoms with E-state index in [2.05, 4.69) is 10.3 Å². The van der Waals surface area contributed by atoms with Gasteiger partial charge in [-0.1, -0.05) is 0 Å². The third-order valence-electron chi connectivity index (χ3n) is 3.77. The molecule has 11 heteroatoms. The van der Waals surface area contributed by atoms with Crippen LogP contribution in [0.4, 0.5) is 26.4 Å². The van der Waals surface area contributed by atoms with Gasteiger partial charge >= 0.3 is 6.09 Å². The maximum absolute atomic E-state index is 12.6. The van der Waals surface area contributed by atoms with Gasteiger partial charge in [-0.25, -0.2) is 14.2 Å². The Balaban J connectivity index is 0.000000262. The van der Waals surface area contributed by atoms with Crippen LogP contribution in [0.1, 0.15) is 11.1 Å². The molecule has 0 unspecified atom stereocenters. The molecule has 0 aliphatic heterocycles. The highest BCUT2D eigenvalue weighted by Gasteiger charge is 2.09. The van der Waals surface area contributed by atoms with Crippen LogP contribution in [0.5, 0.6) is 5.75 Å². The minimum Gasteiger partial charge on any atom is -0.410 e. The number of halogens is 1. The van der Waals surface area contributed by atoms with Crippen LogP contribution in [0.3, 0.4) is 0 Å². The number of hydrogen-bond donors (Lipinski definition) is 1. The highest BCUT2D eigenvalue weighted by atomic mass is 19.1. The molecule has 0 spiro atoms. The van der Waals surface area contributed by atoms with Gasteiger partial charge in [-0.3, -0.25) is 25.5 Å². The molecule has 2 aromatic carbocycles. The van der Waals surface area contributed by atoms with Crippen LogP contribution < -0.4 is 10.1 Å². The van der Waals surface area contributed by atoms with Gasteiger partial charge in [-0.2, -0.15) is 0 Å². The number of nitro benzene ring substituents is 2. The first kappa shape index (κ1) is 22.9. The summed E-state index contributed by atoms with van der Waals surface area (Å²) in [5.74, 6) is 0.0388. The smallest absolute Gasteiger partial charge is 0.410 e. The fourth-order valence-corrected chi connectivity index (χ4v) is 2.17. The maximum Gasteiger partial charge on any atom is 0.418 e. The van der Waals surface area contributed by atoms with E-state index in [1.165, 1.54) is 36.4 Å². The number of benzene rings is 2. The summed E-state index contributed by atoms with van der Waals surface area (Å²) in [6.45, 7) is 3.42. The Morgan fingerprint density at radius 1 is 0.968 bits per heavy atom. The lowest BCUT2D eigenvalue weighted by atomic mass is 10.2. The summed E-state index contributed by atoms with van der Waals surface area (Å²) in [5.41, 5.74) is 1.08. The first-order valence-electron chi connectivity index (χ1n) is 8.72. The number of aromatic nitrogens is 1. The van der Waals surface area contributed by atoms with Crippen LogP contribution in [0, 0.1) is 39.9 Å². The van der Waals surface area contributed by atoms with E-state index in [9.17, 15) is 29.4 Å². The minimum absolute atomic E-state index is 0.0712. The lowest BCUT2D eigenvalue weighted by Gasteiger charge is -2.06. The van der Waals surface area contributed by atoms with Crippen molar-refractivity contribution in [2.24, 2.45) is 0 Å². The topological polar surface area (TPSA) is 138 Å². The van der Waals surface area contributed by atoms with E-state index in [4.69, 9.17) is 4.74 Å². The van der Waals surface area contributed by atoms with Crippen molar-refractivity contribution in [1.29, 1.82) is 0 Å². The Labute approximate surface area is 175 Å². The zero-order valence-electron chi connectivity index (χ0n) is 16.4. The van der Waals surface area contributed by atoms with Crippen LogP contribution in [0.25, 0.3) is 0 Å². The van der Waals surface area contributed by atoms with Gasteiger partial charge in [0.1, 0.15) is 17.4 Å². The average molecular weight is 428 g/mol. The van der Waals surface area contributed by atoms with E-state index >= 15 is 0 Å². The van der Waals surface area contributed by atoms with Crippen molar-refractivity contribution in [3.05, 3.63) is 98.0 Å². The Kier molecular flexibility index (Phi) is 7.67. The molecule has 1 aromatic heterocycles. The molecule has 3 rings (SSSR count). The Bertz CT molecular complexity index is 1110. The standard InChI is InChI=1S/C13H11N3O4.C7H6FNO2/c1-9-6-7-14-12(8-9)15-13(17)20-11-4-2-10(3-5-11)16(18)19;1-5-2-3-6(9(10)11)4-7(5)8/h2-8H,1H3,(H,14,15,17);2-4H,1H3. The summed E-state index contributed by atoms with van der Waals surface area (Å²) in [7, 11) is 0. The van der Waals surface area contributed by atoms with E-state index < -0.39 is 21.8 Å². The van der Waals surface area contributed by atoms with Gasteiger partial charge in [0, 0.05) is 24.4 Å². The van der Waals surface area contributed by atoms with Crippen molar-refractivity contribution in [2.45, 2.75) is 13.8 Å². The molecule has 0 fully saturated rings. The van der Waals surface area contributed by atoms with Crippen molar-refractivity contribution < 1.29 is 23.8 Å². The summed E-state index contributed by atoms with van der Waals surface area (Å²) in [6, 6.07) is 12.3. The summed E-state index contributed by atoms with van der Waals surface area (Å²) < 4.78 is 17.6. The Hall–Kier alpha value is -4.41. The number of anilines is 1. The molecular formula is C20H17FN4O6. The fourth-order valence-electron chi connectivity index (χ4n) is 2.17. The van der Waals surface area contributed by atoms with Crippen LogP contribution >= 0.6 is 0 Å². The summed E-state index contributed by atoms with van der Waals surface area (Å²) in [5, 5.41) is 23.1. The largest absolute Gasteiger partial charge is 0.418 e. The number of rotatable bonds is 4. The zero-order chi connectivity index (χ0) is 23.0. The van der Waals surface area contributed by atoms with E-state index in [1.807, 2.05) is 6.92 Å². The van der Waals surface area contributed by atoms with Crippen molar-refractivity contribution in [1.82, 2.24) is 4.98 Å². The molecule has 0 saturated carbocycles. The molecule has 0 aliphatic carbocycles. The van der Waals surface area contributed by atoms with Crippen LogP contribution in [0.15, 0.2) is 60.8 Å².